The smallest absolute Gasteiger partial charge is 0.224 e. The molecule has 0 aromatic heterocycles. The molecule has 0 heterocycles. The summed E-state index contributed by atoms with van der Waals surface area (Å²) in [5.74, 6) is 2.49. The molecule has 0 atom stereocenters. The van der Waals surface area contributed by atoms with Crippen LogP contribution in [0.15, 0.2) is 0 Å². The normalized spacial score (nSPS) is 8.82. The van der Waals surface area contributed by atoms with Crippen molar-refractivity contribution in [2.75, 3.05) is 27.2 Å². The number of hydrogen-bond donors (Lipinski definition) is 1. The van der Waals surface area contributed by atoms with Gasteiger partial charge >= 0.3 is 0 Å². The van der Waals surface area contributed by atoms with Crippen LogP contribution in [0, 0.1) is 12.3 Å². The standard InChI is InChI=1S/C8H14N2O/c1-4-7-10(3)8(11)5-6-9-2/h1,9H,5-7H2,2-3H3. The van der Waals surface area contributed by atoms with E-state index in [1.165, 1.54) is 4.90 Å². The van der Waals surface area contributed by atoms with E-state index in [2.05, 4.69) is 11.2 Å². The van der Waals surface area contributed by atoms with Crippen molar-refractivity contribution in [3.63, 3.8) is 0 Å². The van der Waals surface area contributed by atoms with E-state index in [-0.39, 0.29) is 5.91 Å². The summed E-state index contributed by atoms with van der Waals surface area (Å²) < 4.78 is 0. The summed E-state index contributed by atoms with van der Waals surface area (Å²) in [6.07, 6.45) is 5.54. The van der Waals surface area contributed by atoms with Gasteiger partial charge < -0.3 is 10.2 Å². The van der Waals surface area contributed by atoms with E-state index >= 15 is 0 Å². The van der Waals surface area contributed by atoms with Gasteiger partial charge in [0.25, 0.3) is 0 Å². The van der Waals surface area contributed by atoms with E-state index in [0.717, 1.165) is 0 Å². The number of terminal acetylenes is 1. The fraction of sp³-hybridized carbons (Fsp3) is 0.625. The molecule has 3 nitrogen and oxygen atoms in total. The zero-order valence-electron chi connectivity index (χ0n) is 7.05. The molecule has 11 heavy (non-hydrogen) atoms. The fourth-order valence-electron chi connectivity index (χ4n) is 0.648. The number of nitrogens with zero attached hydrogens (tertiary/aromatic N) is 1. The predicted octanol–water partition coefficient (Wildman–Crippen LogP) is -0.312. The van der Waals surface area contributed by atoms with Crippen molar-refractivity contribution in [2.24, 2.45) is 0 Å². The highest BCUT2D eigenvalue weighted by Gasteiger charge is 2.04. The molecule has 0 unspecified atom stereocenters. The molecule has 0 fully saturated rings. The average molecular weight is 154 g/mol. The van der Waals surface area contributed by atoms with Gasteiger partial charge in [-0.3, -0.25) is 4.79 Å². The second kappa shape index (κ2) is 5.75. The maximum absolute atomic E-state index is 11.1. The van der Waals surface area contributed by atoms with Crippen molar-refractivity contribution in [1.29, 1.82) is 0 Å². The molecule has 0 aliphatic carbocycles. The monoisotopic (exact) mass is 154 g/mol. The van der Waals surface area contributed by atoms with Crippen LogP contribution in [-0.4, -0.2) is 38.0 Å². The van der Waals surface area contributed by atoms with Gasteiger partial charge in [-0.15, -0.1) is 6.42 Å². The quantitative estimate of drug-likeness (QED) is 0.563. The van der Waals surface area contributed by atoms with E-state index in [9.17, 15) is 4.79 Å². The maximum atomic E-state index is 11.1. The molecule has 0 bridgehead atoms. The molecule has 62 valence electrons. The molecule has 0 aromatic rings. The number of amides is 1. The summed E-state index contributed by atoms with van der Waals surface area (Å²) in [4.78, 5) is 12.6. The Morgan fingerprint density at radius 1 is 1.73 bits per heavy atom. The van der Waals surface area contributed by atoms with Crippen LogP contribution in [0.25, 0.3) is 0 Å². The lowest BCUT2D eigenvalue weighted by Crippen LogP contribution is -2.29. The number of carbonyl (C=O) groups is 1. The van der Waals surface area contributed by atoms with E-state index in [1.54, 1.807) is 7.05 Å². The molecule has 0 aliphatic heterocycles. The van der Waals surface area contributed by atoms with Crippen LogP contribution in [0.1, 0.15) is 6.42 Å². The van der Waals surface area contributed by atoms with Gasteiger partial charge in [-0.1, -0.05) is 5.92 Å². The summed E-state index contributed by atoms with van der Waals surface area (Å²) >= 11 is 0. The number of hydrogen-bond acceptors (Lipinski definition) is 2. The third-order valence-electron chi connectivity index (χ3n) is 1.34. The first-order valence-electron chi connectivity index (χ1n) is 3.54. The largest absolute Gasteiger partial charge is 0.335 e. The Kier molecular flexibility index (Phi) is 5.22. The lowest BCUT2D eigenvalue weighted by molar-refractivity contribution is -0.129. The Labute approximate surface area is 67.8 Å². The molecule has 0 spiro atoms. The third kappa shape index (κ3) is 4.40. The molecule has 0 rings (SSSR count). The number of carbonyl (C=O) groups excluding carboxylic acids is 1. The lowest BCUT2D eigenvalue weighted by Gasteiger charge is -2.12. The average Bonchev–Trinajstić information content (AvgIpc) is 2.00. The molecule has 1 amide bonds. The van der Waals surface area contributed by atoms with E-state index in [4.69, 9.17) is 6.42 Å². The summed E-state index contributed by atoms with van der Waals surface area (Å²) in [7, 11) is 3.52. The first kappa shape index (κ1) is 9.99. The van der Waals surface area contributed by atoms with Crippen molar-refractivity contribution in [2.45, 2.75) is 6.42 Å². The van der Waals surface area contributed by atoms with Gasteiger partial charge in [-0.25, -0.2) is 0 Å². The lowest BCUT2D eigenvalue weighted by atomic mass is 10.3. The topological polar surface area (TPSA) is 32.3 Å². The van der Waals surface area contributed by atoms with Gasteiger partial charge in [-0.05, 0) is 7.05 Å². The van der Waals surface area contributed by atoms with Gasteiger partial charge in [-0.2, -0.15) is 0 Å². The van der Waals surface area contributed by atoms with Crippen molar-refractivity contribution >= 4 is 5.91 Å². The first-order valence-corrected chi connectivity index (χ1v) is 3.54. The second-order valence-electron chi connectivity index (χ2n) is 2.31. The third-order valence-corrected chi connectivity index (χ3v) is 1.34. The van der Waals surface area contributed by atoms with Gasteiger partial charge in [0.05, 0.1) is 6.54 Å². The second-order valence-corrected chi connectivity index (χ2v) is 2.31. The highest BCUT2D eigenvalue weighted by Crippen LogP contribution is 1.87. The SMILES string of the molecule is C#CCN(C)C(=O)CCNC. The van der Waals surface area contributed by atoms with Crippen LogP contribution in [-0.2, 0) is 4.79 Å². The zero-order chi connectivity index (χ0) is 8.69. The van der Waals surface area contributed by atoms with Crippen LogP contribution in [0.4, 0.5) is 0 Å². The van der Waals surface area contributed by atoms with E-state index < -0.39 is 0 Å². The van der Waals surface area contributed by atoms with Crippen LogP contribution in [0.5, 0.6) is 0 Å². The van der Waals surface area contributed by atoms with Crippen molar-refractivity contribution in [1.82, 2.24) is 10.2 Å². The molecule has 3 heteroatoms. The Bertz CT molecular complexity index is 160. The van der Waals surface area contributed by atoms with Gasteiger partial charge in [0, 0.05) is 20.0 Å². The molecule has 0 saturated carbocycles. The molecule has 0 aliphatic rings. The summed E-state index contributed by atoms with van der Waals surface area (Å²) in [5, 5.41) is 2.90. The Hall–Kier alpha value is -1.01. The minimum absolute atomic E-state index is 0.0808. The van der Waals surface area contributed by atoms with Crippen LogP contribution in [0.2, 0.25) is 0 Å². The molecule has 0 saturated heterocycles. The number of rotatable bonds is 4. The van der Waals surface area contributed by atoms with Crippen LogP contribution in [0.3, 0.4) is 0 Å². The van der Waals surface area contributed by atoms with Gasteiger partial charge in [0.1, 0.15) is 0 Å². The highest BCUT2D eigenvalue weighted by molar-refractivity contribution is 5.76. The highest BCUT2D eigenvalue weighted by atomic mass is 16.2. The Morgan fingerprint density at radius 2 is 2.36 bits per heavy atom. The molecule has 0 aromatic carbocycles. The minimum Gasteiger partial charge on any atom is -0.335 e. The van der Waals surface area contributed by atoms with Crippen molar-refractivity contribution < 1.29 is 4.79 Å². The predicted molar refractivity (Wildman–Crippen MR) is 45.0 cm³/mol. The summed E-state index contributed by atoms with van der Waals surface area (Å²) in [6.45, 7) is 1.09. The summed E-state index contributed by atoms with van der Waals surface area (Å²) in [6, 6.07) is 0. The minimum atomic E-state index is 0.0808. The summed E-state index contributed by atoms with van der Waals surface area (Å²) in [5.41, 5.74) is 0. The van der Waals surface area contributed by atoms with Crippen LogP contribution < -0.4 is 5.32 Å². The maximum Gasteiger partial charge on any atom is 0.224 e. The van der Waals surface area contributed by atoms with Gasteiger partial charge in [0.15, 0.2) is 0 Å². The van der Waals surface area contributed by atoms with Crippen LogP contribution >= 0.6 is 0 Å². The van der Waals surface area contributed by atoms with Crippen molar-refractivity contribution in [3.05, 3.63) is 0 Å². The van der Waals surface area contributed by atoms with E-state index in [0.29, 0.717) is 19.5 Å². The fourth-order valence-corrected chi connectivity index (χ4v) is 0.648. The Balaban J connectivity index is 3.57. The van der Waals surface area contributed by atoms with Crippen molar-refractivity contribution in [3.8, 4) is 12.3 Å². The molecular formula is C8H14N2O. The van der Waals surface area contributed by atoms with Gasteiger partial charge in [0.2, 0.25) is 5.91 Å². The molecular weight excluding hydrogens is 140 g/mol. The Morgan fingerprint density at radius 3 is 2.82 bits per heavy atom. The van der Waals surface area contributed by atoms with E-state index in [1.807, 2.05) is 7.05 Å². The molecule has 1 N–H and O–H groups in total. The number of nitrogens with one attached hydrogen (secondary N) is 1. The zero-order valence-corrected chi connectivity index (χ0v) is 7.05. The molecule has 0 radical (unpaired) electrons. The first-order chi connectivity index (χ1) is 5.22.